The number of rotatable bonds is 7. The molecule has 0 aliphatic carbocycles. The van der Waals surface area contributed by atoms with Crippen molar-refractivity contribution in [3.05, 3.63) is 0 Å². The van der Waals surface area contributed by atoms with E-state index in [9.17, 15) is 19.2 Å². The first-order valence-electron chi connectivity index (χ1n) is 4.56. The Morgan fingerprint density at radius 3 is 2.00 bits per heavy atom. The Labute approximate surface area is 96.0 Å². The predicted octanol–water partition coefficient (Wildman–Crippen LogP) is -2.89. The molecule has 9 nitrogen and oxygen atoms in total. The van der Waals surface area contributed by atoms with Crippen molar-refractivity contribution in [3.8, 4) is 0 Å². The highest BCUT2D eigenvalue weighted by Gasteiger charge is 2.16. The summed E-state index contributed by atoms with van der Waals surface area (Å²) in [7, 11) is 0. The summed E-state index contributed by atoms with van der Waals surface area (Å²) >= 11 is 0. The number of aliphatic carboxylic acids is 2. The van der Waals surface area contributed by atoms with Gasteiger partial charge in [-0.25, -0.2) is 0 Å². The van der Waals surface area contributed by atoms with E-state index in [0.29, 0.717) is 0 Å². The molecule has 17 heavy (non-hydrogen) atoms. The molecule has 96 valence electrons. The van der Waals surface area contributed by atoms with E-state index in [2.05, 4.69) is 5.32 Å². The number of nitrogens with two attached hydrogens (primary N) is 1. The van der Waals surface area contributed by atoms with Crippen molar-refractivity contribution >= 4 is 23.8 Å². The zero-order chi connectivity index (χ0) is 13.4. The Kier molecular flexibility index (Phi) is 6.26. The van der Waals surface area contributed by atoms with Crippen molar-refractivity contribution in [2.75, 3.05) is 13.1 Å². The second-order valence-electron chi connectivity index (χ2n) is 3.10. The first-order valence-corrected chi connectivity index (χ1v) is 4.56. The van der Waals surface area contributed by atoms with Gasteiger partial charge in [0.15, 0.2) is 0 Å². The van der Waals surface area contributed by atoms with Crippen LogP contribution in [0.2, 0.25) is 0 Å². The molecule has 0 rings (SSSR count). The Morgan fingerprint density at radius 1 is 1.00 bits per heavy atom. The van der Waals surface area contributed by atoms with E-state index in [0.717, 1.165) is 0 Å². The minimum atomic E-state index is -1.34. The van der Waals surface area contributed by atoms with Gasteiger partial charge in [0.2, 0.25) is 11.8 Å². The highest BCUT2D eigenvalue weighted by atomic mass is 16.4. The van der Waals surface area contributed by atoms with Gasteiger partial charge in [0, 0.05) is 0 Å². The van der Waals surface area contributed by atoms with E-state index < -0.39 is 49.3 Å². The smallest absolute Gasteiger partial charge is 0.322 e. The molecule has 0 unspecified atom stereocenters. The van der Waals surface area contributed by atoms with Crippen LogP contribution in [0.15, 0.2) is 0 Å². The minimum Gasteiger partial charge on any atom is -0.480 e. The summed E-state index contributed by atoms with van der Waals surface area (Å²) in [5.74, 6) is -3.93. The molecule has 0 radical (unpaired) electrons. The van der Waals surface area contributed by atoms with Crippen LogP contribution in [0, 0.1) is 0 Å². The third-order valence-electron chi connectivity index (χ3n) is 1.61. The molecule has 9 heteroatoms. The summed E-state index contributed by atoms with van der Waals surface area (Å²) in [6, 6.07) is -1.34. The molecule has 0 aliphatic heterocycles. The van der Waals surface area contributed by atoms with Crippen molar-refractivity contribution in [1.82, 2.24) is 10.6 Å². The second-order valence-corrected chi connectivity index (χ2v) is 3.10. The number of nitrogens with one attached hydrogen (secondary N) is 2. The highest BCUT2D eigenvalue weighted by molar-refractivity contribution is 5.88. The maximum atomic E-state index is 11.0. The first kappa shape index (κ1) is 14.8. The molecule has 6 N–H and O–H groups in total. The van der Waals surface area contributed by atoms with Gasteiger partial charge in [-0.1, -0.05) is 0 Å². The number of hydrogen-bond donors (Lipinski definition) is 5. The average molecular weight is 247 g/mol. The molecule has 1 atom stereocenters. The van der Waals surface area contributed by atoms with E-state index in [1.165, 1.54) is 0 Å². The van der Waals surface area contributed by atoms with Crippen LogP contribution in [0.5, 0.6) is 0 Å². The van der Waals surface area contributed by atoms with E-state index in [1.807, 2.05) is 5.32 Å². The number of amides is 2. The van der Waals surface area contributed by atoms with Crippen LogP contribution >= 0.6 is 0 Å². The van der Waals surface area contributed by atoms with Gasteiger partial charge in [-0.3, -0.25) is 19.2 Å². The van der Waals surface area contributed by atoms with Crippen molar-refractivity contribution < 1.29 is 29.4 Å². The molecule has 0 aliphatic rings. The van der Waals surface area contributed by atoms with Crippen LogP contribution in [-0.4, -0.2) is 53.1 Å². The van der Waals surface area contributed by atoms with Crippen LogP contribution < -0.4 is 16.4 Å². The maximum Gasteiger partial charge on any atom is 0.322 e. The Balaban J connectivity index is 3.80. The van der Waals surface area contributed by atoms with Crippen LogP contribution in [0.4, 0.5) is 0 Å². The minimum absolute atomic E-state index is 0.432. The lowest BCUT2D eigenvalue weighted by atomic mass is 10.2. The van der Waals surface area contributed by atoms with E-state index in [1.54, 1.807) is 0 Å². The SMILES string of the molecule is N[C@@H](CC(=O)NCC(=O)NCC(=O)O)C(=O)O. The molecule has 0 aromatic rings. The van der Waals surface area contributed by atoms with Crippen LogP contribution in [0.3, 0.4) is 0 Å². The molecule has 0 heterocycles. The van der Waals surface area contributed by atoms with Gasteiger partial charge >= 0.3 is 11.9 Å². The fourth-order valence-electron chi connectivity index (χ4n) is 0.775. The van der Waals surface area contributed by atoms with Gasteiger partial charge in [-0.05, 0) is 0 Å². The topological polar surface area (TPSA) is 159 Å². The largest absolute Gasteiger partial charge is 0.480 e. The summed E-state index contributed by atoms with van der Waals surface area (Å²) in [5.41, 5.74) is 5.08. The lowest BCUT2D eigenvalue weighted by Crippen LogP contribution is -2.42. The summed E-state index contributed by atoms with van der Waals surface area (Å²) in [6.07, 6.45) is -0.457. The Morgan fingerprint density at radius 2 is 1.53 bits per heavy atom. The van der Waals surface area contributed by atoms with Crippen LogP contribution in [0.25, 0.3) is 0 Å². The lowest BCUT2D eigenvalue weighted by Gasteiger charge is -2.07. The van der Waals surface area contributed by atoms with Gasteiger partial charge < -0.3 is 26.6 Å². The van der Waals surface area contributed by atoms with E-state index in [-0.39, 0.29) is 0 Å². The first-order chi connectivity index (χ1) is 7.82. The van der Waals surface area contributed by atoms with Crippen molar-refractivity contribution in [2.24, 2.45) is 5.73 Å². The molecular weight excluding hydrogens is 234 g/mol. The molecule has 0 aromatic carbocycles. The van der Waals surface area contributed by atoms with Gasteiger partial charge in [-0.15, -0.1) is 0 Å². The Bertz CT molecular complexity index is 329. The van der Waals surface area contributed by atoms with E-state index in [4.69, 9.17) is 15.9 Å². The van der Waals surface area contributed by atoms with Crippen molar-refractivity contribution in [2.45, 2.75) is 12.5 Å². The molecule has 0 aromatic heterocycles. The summed E-state index contributed by atoms with van der Waals surface area (Å²) in [6.45, 7) is -0.984. The number of hydrogen-bond acceptors (Lipinski definition) is 5. The fourth-order valence-corrected chi connectivity index (χ4v) is 0.775. The quantitative estimate of drug-likeness (QED) is 0.322. The highest BCUT2D eigenvalue weighted by Crippen LogP contribution is 1.87. The fraction of sp³-hybridized carbons (Fsp3) is 0.500. The number of carboxylic acid groups (broad SMARTS) is 2. The molecule has 0 bridgehead atoms. The third-order valence-corrected chi connectivity index (χ3v) is 1.61. The molecule has 2 amide bonds. The lowest BCUT2D eigenvalue weighted by molar-refractivity contribution is -0.140. The third kappa shape index (κ3) is 7.73. The summed E-state index contributed by atoms with van der Waals surface area (Å²) < 4.78 is 0. The molecule has 0 saturated heterocycles. The Hall–Kier alpha value is -2.16. The standard InChI is InChI=1S/C8H13N3O6/c9-4(8(16)17)1-5(12)10-2-6(13)11-3-7(14)15/h4H,1-3,9H2,(H,10,12)(H,11,13)(H,14,15)(H,16,17)/t4-/m0/s1. The number of carbonyl (C=O) groups excluding carboxylic acids is 2. The monoisotopic (exact) mass is 247 g/mol. The normalized spacial score (nSPS) is 11.4. The van der Waals surface area contributed by atoms with Gasteiger partial charge in [-0.2, -0.15) is 0 Å². The summed E-state index contributed by atoms with van der Waals surface area (Å²) in [4.78, 5) is 42.4. The van der Waals surface area contributed by atoms with Crippen molar-refractivity contribution in [1.29, 1.82) is 0 Å². The van der Waals surface area contributed by atoms with E-state index >= 15 is 0 Å². The number of carboxylic acids is 2. The molecule has 0 saturated carbocycles. The van der Waals surface area contributed by atoms with Gasteiger partial charge in [0.25, 0.3) is 0 Å². The molecule has 0 fully saturated rings. The van der Waals surface area contributed by atoms with Crippen LogP contribution in [0.1, 0.15) is 6.42 Å². The average Bonchev–Trinajstić information content (AvgIpc) is 2.23. The van der Waals surface area contributed by atoms with Crippen molar-refractivity contribution in [3.63, 3.8) is 0 Å². The summed E-state index contributed by atoms with van der Waals surface area (Å²) in [5, 5.41) is 20.8. The zero-order valence-corrected chi connectivity index (χ0v) is 8.80. The second kappa shape index (κ2) is 7.17. The maximum absolute atomic E-state index is 11.0. The number of carbonyl (C=O) groups is 4. The van der Waals surface area contributed by atoms with Crippen LogP contribution in [-0.2, 0) is 19.2 Å². The van der Waals surface area contributed by atoms with Gasteiger partial charge in [0.1, 0.15) is 12.6 Å². The molecule has 0 spiro atoms. The van der Waals surface area contributed by atoms with Gasteiger partial charge in [0.05, 0.1) is 13.0 Å². The molecular formula is C8H13N3O6. The zero-order valence-electron chi connectivity index (χ0n) is 8.80. The predicted molar refractivity (Wildman–Crippen MR) is 53.9 cm³/mol.